The molecule has 3 aliphatic rings. The van der Waals surface area contributed by atoms with E-state index in [0.717, 1.165) is 41.3 Å². The highest BCUT2D eigenvalue weighted by Crippen LogP contribution is 2.43. The topological polar surface area (TPSA) is 81.4 Å². The smallest absolute Gasteiger partial charge is 0.319 e. The first-order chi connectivity index (χ1) is 15.4. The number of hydrogen-bond acceptors (Lipinski definition) is 5. The molecule has 1 atom stereocenters. The van der Waals surface area contributed by atoms with Gasteiger partial charge in [0.1, 0.15) is 17.8 Å². The average Bonchev–Trinajstić information content (AvgIpc) is 3.17. The summed E-state index contributed by atoms with van der Waals surface area (Å²) in [6, 6.07) is 3.31. The first-order valence-electron chi connectivity index (χ1n) is 11.1. The van der Waals surface area contributed by atoms with Gasteiger partial charge < -0.3 is 14.4 Å². The van der Waals surface area contributed by atoms with E-state index in [0.29, 0.717) is 46.6 Å². The number of aliphatic hydroxyl groups excluding tert-OH is 1. The van der Waals surface area contributed by atoms with Crippen LogP contribution in [0.25, 0.3) is 22.3 Å². The van der Waals surface area contributed by atoms with E-state index in [2.05, 4.69) is 0 Å². The molecule has 164 valence electrons. The molecule has 0 spiro atoms. The number of hydrogen-bond donors (Lipinski definition) is 1. The number of ether oxygens (including phenoxy) is 1. The summed E-state index contributed by atoms with van der Waals surface area (Å²) >= 11 is 0. The summed E-state index contributed by atoms with van der Waals surface area (Å²) in [5, 5.41) is 11.2. The molecule has 0 saturated carbocycles. The molecule has 0 saturated heterocycles. The second-order valence-electron chi connectivity index (χ2n) is 9.11. The molecule has 0 bridgehead atoms. The van der Waals surface area contributed by atoms with Gasteiger partial charge in [0.05, 0.1) is 35.6 Å². The largest absolute Gasteiger partial charge is 0.460 e. The number of nitrogens with zero attached hydrogens (tertiary/aromatic N) is 2. The van der Waals surface area contributed by atoms with Crippen LogP contribution in [0.15, 0.2) is 16.9 Å². The standard InChI is InChI=1S/C25H23FN2O4/c1-3-25(11-29)17-7-20-22-15(9-28(20)23(30)16(17)10-32-24(25)31)14-6-4-5-13-12(2)18(26)8-19(27-22)21(13)14/h7-8,29H,3-6,9-11H2,1-2H3/t25-/m0/s1. The highest BCUT2D eigenvalue weighted by Gasteiger charge is 2.46. The Kier molecular flexibility index (Phi) is 3.97. The van der Waals surface area contributed by atoms with Crippen molar-refractivity contribution in [3.05, 3.63) is 61.7 Å². The molecule has 0 unspecified atom stereocenters. The molecule has 2 aromatic heterocycles. The molecule has 7 heteroatoms. The highest BCUT2D eigenvalue weighted by atomic mass is 19.1. The van der Waals surface area contributed by atoms with Gasteiger partial charge in [-0.3, -0.25) is 9.59 Å². The van der Waals surface area contributed by atoms with Crippen molar-refractivity contribution < 1.29 is 19.0 Å². The summed E-state index contributed by atoms with van der Waals surface area (Å²) in [5.74, 6) is -0.775. The zero-order chi connectivity index (χ0) is 22.4. The summed E-state index contributed by atoms with van der Waals surface area (Å²) in [6.07, 6.45) is 2.93. The van der Waals surface area contributed by atoms with Gasteiger partial charge in [-0.25, -0.2) is 9.37 Å². The minimum Gasteiger partial charge on any atom is -0.460 e. The van der Waals surface area contributed by atoms with Crippen molar-refractivity contribution in [1.82, 2.24) is 9.55 Å². The van der Waals surface area contributed by atoms with E-state index in [9.17, 15) is 19.1 Å². The van der Waals surface area contributed by atoms with Crippen LogP contribution >= 0.6 is 0 Å². The van der Waals surface area contributed by atoms with Gasteiger partial charge in [-0.2, -0.15) is 0 Å². The number of benzene rings is 1. The Morgan fingerprint density at radius 2 is 1.97 bits per heavy atom. The maximum atomic E-state index is 14.7. The summed E-state index contributed by atoms with van der Waals surface area (Å²) < 4.78 is 21.6. The lowest BCUT2D eigenvalue weighted by molar-refractivity contribution is -0.156. The molecule has 1 aliphatic carbocycles. The first kappa shape index (κ1) is 19.6. The molecule has 6 nitrogen and oxygen atoms in total. The quantitative estimate of drug-likeness (QED) is 0.491. The van der Waals surface area contributed by atoms with Crippen LogP contribution in [-0.2, 0) is 40.9 Å². The van der Waals surface area contributed by atoms with Crippen molar-refractivity contribution in [3.63, 3.8) is 0 Å². The monoisotopic (exact) mass is 434 g/mol. The number of cyclic esters (lactones) is 1. The number of carbonyl (C=O) groups is 1. The Balaban J connectivity index is 1.68. The van der Waals surface area contributed by atoms with E-state index in [1.54, 1.807) is 11.5 Å². The van der Waals surface area contributed by atoms with E-state index in [1.165, 1.54) is 6.07 Å². The van der Waals surface area contributed by atoms with E-state index in [-0.39, 0.29) is 18.0 Å². The van der Waals surface area contributed by atoms with E-state index in [1.807, 2.05) is 13.0 Å². The SMILES string of the molecule is CC[C@@]1(CO)C(=O)OCc2c1cc1n(c2=O)Cc2c-1nc1cc(F)c(C)c3c1c2CCC3. The molecule has 4 heterocycles. The predicted molar refractivity (Wildman–Crippen MR) is 116 cm³/mol. The van der Waals surface area contributed by atoms with Gasteiger partial charge in [-0.1, -0.05) is 6.92 Å². The maximum absolute atomic E-state index is 14.7. The van der Waals surface area contributed by atoms with Crippen LogP contribution in [0.4, 0.5) is 4.39 Å². The van der Waals surface area contributed by atoms with Gasteiger partial charge in [0.25, 0.3) is 5.56 Å². The van der Waals surface area contributed by atoms with Crippen LogP contribution in [0.1, 0.15) is 53.1 Å². The number of aryl methyl sites for hydroxylation is 2. The molecule has 0 amide bonds. The molecule has 1 N–H and O–H groups in total. The molecular weight excluding hydrogens is 411 g/mol. The maximum Gasteiger partial charge on any atom is 0.319 e. The third-order valence-corrected chi connectivity index (χ3v) is 7.76. The number of carbonyl (C=O) groups excluding carboxylic acids is 1. The molecule has 0 radical (unpaired) electrons. The van der Waals surface area contributed by atoms with Gasteiger partial charge >= 0.3 is 5.97 Å². The van der Waals surface area contributed by atoms with Crippen molar-refractivity contribution in [3.8, 4) is 11.4 Å². The zero-order valence-corrected chi connectivity index (χ0v) is 18.0. The fourth-order valence-corrected chi connectivity index (χ4v) is 5.86. The third-order valence-electron chi connectivity index (χ3n) is 7.76. The number of aliphatic hydroxyl groups is 1. The summed E-state index contributed by atoms with van der Waals surface area (Å²) in [5.41, 5.74) is 5.20. The van der Waals surface area contributed by atoms with Gasteiger partial charge in [-0.15, -0.1) is 0 Å². The number of pyridine rings is 2. The number of aromatic nitrogens is 2. The number of esters is 1. The Labute approximate surface area is 183 Å². The molecule has 2 aliphatic heterocycles. The number of fused-ring (bicyclic) bond motifs is 5. The fourth-order valence-electron chi connectivity index (χ4n) is 5.86. The van der Waals surface area contributed by atoms with Crippen molar-refractivity contribution in [2.45, 2.75) is 58.1 Å². The lowest BCUT2D eigenvalue weighted by Crippen LogP contribution is -2.47. The Bertz CT molecular complexity index is 1420. The summed E-state index contributed by atoms with van der Waals surface area (Å²) in [7, 11) is 0. The molecule has 1 aromatic carbocycles. The van der Waals surface area contributed by atoms with Crippen molar-refractivity contribution in [2.75, 3.05) is 6.61 Å². The van der Waals surface area contributed by atoms with Crippen molar-refractivity contribution in [1.29, 1.82) is 0 Å². The van der Waals surface area contributed by atoms with Crippen LogP contribution in [0.2, 0.25) is 0 Å². The lowest BCUT2D eigenvalue weighted by atomic mass is 9.75. The predicted octanol–water partition coefficient (Wildman–Crippen LogP) is 3.06. The van der Waals surface area contributed by atoms with E-state index in [4.69, 9.17) is 9.72 Å². The Morgan fingerprint density at radius 1 is 1.19 bits per heavy atom. The minimum atomic E-state index is -1.26. The summed E-state index contributed by atoms with van der Waals surface area (Å²) in [6.45, 7) is 3.48. The molecule has 0 fully saturated rings. The van der Waals surface area contributed by atoms with Gasteiger partial charge in [-0.05, 0) is 60.9 Å². The van der Waals surface area contributed by atoms with Crippen molar-refractivity contribution in [2.24, 2.45) is 0 Å². The zero-order valence-electron chi connectivity index (χ0n) is 18.0. The molecule has 32 heavy (non-hydrogen) atoms. The van der Waals surface area contributed by atoms with Crippen molar-refractivity contribution >= 4 is 16.9 Å². The number of rotatable bonds is 2. The van der Waals surface area contributed by atoms with Gasteiger partial charge in [0.2, 0.25) is 0 Å². The normalized spacial score (nSPS) is 20.7. The van der Waals surface area contributed by atoms with E-state index >= 15 is 0 Å². The third kappa shape index (κ3) is 2.24. The lowest BCUT2D eigenvalue weighted by Gasteiger charge is -2.34. The van der Waals surface area contributed by atoms with Crippen LogP contribution in [0, 0.1) is 12.7 Å². The first-order valence-corrected chi connectivity index (χ1v) is 11.1. The average molecular weight is 434 g/mol. The van der Waals surface area contributed by atoms with E-state index < -0.39 is 18.0 Å². The highest BCUT2D eigenvalue weighted by molar-refractivity contribution is 5.93. The second-order valence-corrected chi connectivity index (χ2v) is 9.11. The van der Waals surface area contributed by atoms with Crippen LogP contribution in [0.5, 0.6) is 0 Å². The van der Waals surface area contributed by atoms with Crippen LogP contribution in [0.3, 0.4) is 0 Å². The Morgan fingerprint density at radius 3 is 2.72 bits per heavy atom. The van der Waals surface area contributed by atoms with Gasteiger partial charge in [0.15, 0.2) is 0 Å². The fraction of sp³-hybridized carbons (Fsp3) is 0.400. The molecular formula is C25H23FN2O4. The Hall–Kier alpha value is -3.06. The summed E-state index contributed by atoms with van der Waals surface area (Å²) in [4.78, 5) is 31.0. The van der Waals surface area contributed by atoms with Crippen LogP contribution < -0.4 is 5.56 Å². The van der Waals surface area contributed by atoms with Gasteiger partial charge in [0, 0.05) is 17.0 Å². The molecule has 6 rings (SSSR count). The minimum absolute atomic E-state index is 0.0950. The number of halogens is 1. The second kappa shape index (κ2) is 6.48. The molecule has 3 aromatic rings. The van der Waals surface area contributed by atoms with Crippen LogP contribution in [-0.4, -0.2) is 27.2 Å².